The highest BCUT2D eigenvalue weighted by Crippen LogP contribution is 2.40. The lowest BCUT2D eigenvalue weighted by molar-refractivity contribution is -0.147. The minimum Gasteiger partial charge on any atom is -0.480 e. The topological polar surface area (TPSA) is 70.4 Å². The number of rotatable bonds is 8. The Morgan fingerprint density at radius 2 is 2.29 bits per heavy atom. The third-order valence-corrected chi connectivity index (χ3v) is 4.05. The van der Waals surface area contributed by atoms with Gasteiger partial charge in [0, 0.05) is 32.0 Å². The summed E-state index contributed by atoms with van der Waals surface area (Å²) in [7, 11) is 3.91. The first-order valence-corrected chi connectivity index (χ1v) is 7.51. The monoisotopic (exact) mass is 294 g/mol. The molecule has 0 saturated heterocycles. The Balaban J connectivity index is 2.10. The Bertz CT molecular complexity index is 496. The molecule has 1 unspecified atom stereocenters. The van der Waals surface area contributed by atoms with Gasteiger partial charge in [0.2, 0.25) is 0 Å². The molecule has 1 aliphatic rings. The fraction of sp³-hybridized carbons (Fsp3) is 0.733. The molecular formula is C15H26N4O2. The van der Waals surface area contributed by atoms with E-state index in [2.05, 4.69) is 10.3 Å². The molecule has 1 aromatic rings. The Labute approximate surface area is 126 Å². The van der Waals surface area contributed by atoms with E-state index in [1.807, 2.05) is 43.6 Å². The summed E-state index contributed by atoms with van der Waals surface area (Å²) >= 11 is 0. The van der Waals surface area contributed by atoms with Gasteiger partial charge in [0.1, 0.15) is 11.4 Å². The van der Waals surface area contributed by atoms with Gasteiger partial charge in [0.05, 0.1) is 6.54 Å². The number of carbonyl (C=O) groups is 1. The molecule has 6 heteroatoms. The van der Waals surface area contributed by atoms with Crippen molar-refractivity contribution in [3.05, 3.63) is 18.2 Å². The zero-order valence-corrected chi connectivity index (χ0v) is 13.3. The van der Waals surface area contributed by atoms with Crippen molar-refractivity contribution in [1.29, 1.82) is 0 Å². The quantitative estimate of drug-likeness (QED) is 0.751. The molecule has 0 radical (unpaired) electrons. The van der Waals surface area contributed by atoms with Crippen LogP contribution >= 0.6 is 0 Å². The number of likely N-dealkylation sites (N-methyl/N-ethyl adjacent to an activating group) is 1. The molecule has 0 aliphatic heterocycles. The van der Waals surface area contributed by atoms with Crippen LogP contribution in [0.2, 0.25) is 0 Å². The molecule has 1 atom stereocenters. The summed E-state index contributed by atoms with van der Waals surface area (Å²) in [5.74, 6) is 0.420. The summed E-state index contributed by atoms with van der Waals surface area (Å²) in [6.07, 6.45) is 5.65. The number of nitrogens with one attached hydrogen (secondary N) is 1. The number of carboxylic acids is 1. The molecule has 6 nitrogen and oxygen atoms in total. The number of hydrogen-bond donors (Lipinski definition) is 2. The molecule has 0 spiro atoms. The van der Waals surface area contributed by atoms with Gasteiger partial charge in [-0.3, -0.25) is 15.0 Å². The van der Waals surface area contributed by atoms with Crippen LogP contribution in [0.25, 0.3) is 0 Å². The third-order valence-electron chi connectivity index (χ3n) is 4.05. The van der Waals surface area contributed by atoms with Crippen molar-refractivity contribution >= 4 is 5.97 Å². The number of hydrogen-bond acceptors (Lipinski definition) is 4. The van der Waals surface area contributed by atoms with E-state index in [0.717, 1.165) is 18.7 Å². The van der Waals surface area contributed by atoms with Gasteiger partial charge in [-0.2, -0.15) is 0 Å². The minimum atomic E-state index is -0.853. The molecular weight excluding hydrogens is 268 g/mol. The maximum Gasteiger partial charge on any atom is 0.325 e. The van der Waals surface area contributed by atoms with E-state index in [1.54, 1.807) is 6.20 Å². The van der Waals surface area contributed by atoms with Crippen LogP contribution in [-0.2, 0) is 18.4 Å². The smallest absolute Gasteiger partial charge is 0.325 e. The molecule has 1 heterocycles. The predicted octanol–water partition coefficient (Wildman–Crippen LogP) is 1.08. The van der Waals surface area contributed by atoms with Gasteiger partial charge >= 0.3 is 5.97 Å². The third kappa shape index (κ3) is 3.63. The SMILES string of the molecule is CC(C)NC(CN(C)Cc1nccn1C)(C(=O)O)C1CC1. The highest BCUT2D eigenvalue weighted by atomic mass is 16.4. The maximum atomic E-state index is 11.9. The van der Waals surface area contributed by atoms with Gasteiger partial charge in [-0.15, -0.1) is 0 Å². The first-order valence-electron chi connectivity index (χ1n) is 7.51. The van der Waals surface area contributed by atoms with E-state index < -0.39 is 11.5 Å². The van der Waals surface area contributed by atoms with Crippen molar-refractivity contribution in [2.45, 2.75) is 44.8 Å². The van der Waals surface area contributed by atoms with Crippen LogP contribution in [0, 0.1) is 5.92 Å². The van der Waals surface area contributed by atoms with Crippen molar-refractivity contribution in [1.82, 2.24) is 19.8 Å². The maximum absolute atomic E-state index is 11.9. The van der Waals surface area contributed by atoms with Crippen LogP contribution in [-0.4, -0.2) is 50.7 Å². The van der Waals surface area contributed by atoms with E-state index in [4.69, 9.17) is 0 Å². The Morgan fingerprint density at radius 1 is 1.62 bits per heavy atom. The molecule has 1 fully saturated rings. The molecule has 1 aromatic heterocycles. The van der Waals surface area contributed by atoms with Crippen LogP contribution in [0.5, 0.6) is 0 Å². The van der Waals surface area contributed by atoms with Gasteiger partial charge < -0.3 is 9.67 Å². The summed E-state index contributed by atoms with van der Waals surface area (Å²) in [6.45, 7) is 5.13. The summed E-state index contributed by atoms with van der Waals surface area (Å²) < 4.78 is 1.96. The Kier molecular flexibility index (Phi) is 4.68. The van der Waals surface area contributed by atoms with Crippen molar-refractivity contribution in [2.75, 3.05) is 13.6 Å². The predicted molar refractivity (Wildman–Crippen MR) is 80.9 cm³/mol. The Morgan fingerprint density at radius 3 is 2.71 bits per heavy atom. The number of aryl methyl sites for hydroxylation is 1. The van der Waals surface area contributed by atoms with Crippen molar-refractivity contribution in [3.63, 3.8) is 0 Å². The van der Waals surface area contributed by atoms with E-state index >= 15 is 0 Å². The van der Waals surface area contributed by atoms with Gasteiger partial charge in [0.25, 0.3) is 0 Å². The minimum absolute atomic E-state index is 0.142. The highest BCUT2D eigenvalue weighted by molar-refractivity contribution is 5.80. The summed E-state index contributed by atoms with van der Waals surface area (Å²) in [5.41, 5.74) is -0.853. The highest BCUT2D eigenvalue weighted by Gasteiger charge is 2.51. The number of imidazole rings is 1. The molecule has 21 heavy (non-hydrogen) atoms. The molecule has 1 aliphatic carbocycles. The first kappa shape index (κ1) is 16.0. The van der Waals surface area contributed by atoms with Crippen molar-refractivity contribution in [2.24, 2.45) is 13.0 Å². The standard InChI is InChI=1S/C15H26N4O2/c1-11(2)17-15(14(20)21,12-5-6-12)10-18(3)9-13-16-7-8-19(13)4/h7-8,11-12,17H,5-6,9-10H2,1-4H3,(H,20,21). The van der Waals surface area contributed by atoms with Crippen molar-refractivity contribution < 1.29 is 9.90 Å². The molecule has 1 saturated carbocycles. The second kappa shape index (κ2) is 6.15. The van der Waals surface area contributed by atoms with Gasteiger partial charge in [0.15, 0.2) is 0 Å². The van der Waals surface area contributed by atoms with Gasteiger partial charge in [-0.05, 0) is 39.7 Å². The Hall–Kier alpha value is -1.40. The lowest BCUT2D eigenvalue weighted by Crippen LogP contribution is -2.62. The molecule has 0 amide bonds. The molecule has 118 valence electrons. The van der Waals surface area contributed by atoms with Gasteiger partial charge in [-0.25, -0.2) is 4.98 Å². The van der Waals surface area contributed by atoms with Crippen LogP contribution in [0.4, 0.5) is 0 Å². The lowest BCUT2D eigenvalue weighted by atomic mass is 9.91. The molecule has 2 N–H and O–H groups in total. The zero-order valence-electron chi connectivity index (χ0n) is 13.3. The van der Waals surface area contributed by atoms with Crippen molar-refractivity contribution in [3.8, 4) is 0 Å². The number of aliphatic carboxylic acids is 1. The first-order chi connectivity index (χ1) is 9.85. The van der Waals surface area contributed by atoms with E-state index in [9.17, 15) is 9.90 Å². The zero-order chi connectivity index (χ0) is 15.6. The largest absolute Gasteiger partial charge is 0.480 e. The number of carboxylic acid groups (broad SMARTS) is 1. The molecule has 2 rings (SSSR count). The van der Waals surface area contributed by atoms with E-state index in [-0.39, 0.29) is 12.0 Å². The van der Waals surface area contributed by atoms with Crippen LogP contribution in [0.15, 0.2) is 12.4 Å². The van der Waals surface area contributed by atoms with Crippen LogP contribution in [0.3, 0.4) is 0 Å². The van der Waals surface area contributed by atoms with E-state index in [1.165, 1.54) is 0 Å². The van der Waals surface area contributed by atoms with Crippen LogP contribution < -0.4 is 5.32 Å². The second-order valence-electron chi connectivity index (χ2n) is 6.48. The van der Waals surface area contributed by atoms with Crippen LogP contribution in [0.1, 0.15) is 32.5 Å². The molecule has 0 bridgehead atoms. The lowest BCUT2D eigenvalue weighted by Gasteiger charge is -2.36. The van der Waals surface area contributed by atoms with Gasteiger partial charge in [-0.1, -0.05) is 0 Å². The summed E-state index contributed by atoms with van der Waals surface area (Å²) in [5, 5.41) is 13.1. The number of nitrogens with zero attached hydrogens (tertiary/aromatic N) is 3. The fourth-order valence-corrected chi connectivity index (χ4v) is 2.96. The fourth-order valence-electron chi connectivity index (χ4n) is 2.96. The molecule has 0 aromatic carbocycles. The summed E-state index contributed by atoms with van der Waals surface area (Å²) in [4.78, 5) is 18.3. The average Bonchev–Trinajstić information content (AvgIpc) is 3.14. The normalized spacial score (nSPS) is 18.2. The average molecular weight is 294 g/mol. The van der Waals surface area contributed by atoms with E-state index in [0.29, 0.717) is 13.1 Å². The second-order valence-corrected chi connectivity index (χ2v) is 6.48. The number of aromatic nitrogens is 2. The summed E-state index contributed by atoms with van der Waals surface area (Å²) in [6, 6.07) is 0.142.